The van der Waals surface area contributed by atoms with Crippen molar-refractivity contribution in [3.63, 3.8) is 0 Å². The second kappa shape index (κ2) is 5.19. The van der Waals surface area contributed by atoms with Gasteiger partial charge in [-0.2, -0.15) is 0 Å². The van der Waals surface area contributed by atoms with Gasteiger partial charge in [-0.15, -0.1) is 0 Å². The van der Waals surface area contributed by atoms with Crippen LogP contribution in [0.5, 0.6) is 0 Å². The second-order valence-electron chi connectivity index (χ2n) is 1.66. The Morgan fingerprint density at radius 3 is 2.62 bits per heavy atom. The van der Waals surface area contributed by atoms with E-state index in [1.165, 1.54) is 0 Å². The quantitative estimate of drug-likeness (QED) is 0.536. The number of unbranched alkanes of at least 4 members (excludes halogenated alkanes) is 1. The zero-order valence-corrected chi connectivity index (χ0v) is 6.20. The van der Waals surface area contributed by atoms with Crippen LogP contribution in [-0.2, 0) is 11.2 Å². The van der Waals surface area contributed by atoms with Gasteiger partial charge in [-0.25, -0.2) is 0 Å². The van der Waals surface area contributed by atoms with Crippen molar-refractivity contribution >= 4 is 11.2 Å². The molecule has 0 bridgehead atoms. The summed E-state index contributed by atoms with van der Waals surface area (Å²) < 4.78 is 10.3. The molecule has 0 aromatic heterocycles. The van der Waals surface area contributed by atoms with Crippen molar-refractivity contribution in [2.75, 3.05) is 6.26 Å². The first-order valence-electron chi connectivity index (χ1n) is 2.76. The summed E-state index contributed by atoms with van der Waals surface area (Å²) in [7, 11) is 0. The maximum absolute atomic E-state index is 10.3. The second-order valence-corrected chi connectivity index (χ2v) is 2.93. The minimum atomic E-state index is -0.748. The summed E-state index contributed by atoms with van der Waals surface area (Å²) in [5.74, 6) is 0. The summed E-state index contributed by atoms with van der Waals surface area (Å²) in [5, 5.41) is 1.73. The highest BCUT2D eigenvalue weighted by Gasteiger charge is 1.82. The Kier molecular flexibility index (Phi) is 5.22. The van der Waals surface area contributed by atoms with Gasteiger partial charge in [0.2, 0.25) is 0 Å². The topological polar surface area (TPSA) is 23.1 Å². The van der Waals surface area contributed by atoms with Crippen molar-refractivity contribution in [2.45, 2.75) is 19.8 Å². The van der Waals surface area contributed by atoms with E-state index in [-0.39, 0.29) is 0 Å². The van der Waals surface area contributed by atoms with Crippen LogP contribution in [0.4, 0.5) is 0 Å². The molecule has 0 saturated heterocycles. The lowest BCUT2D eigenvalue weighted by Gasteiger charge is -1.93. The average Bonchev–Trinajstić information content (AvgIpc) is 1.66. The average molecular weight is 132 g/mol. The highest BCUT2D eigenvalue weighted by atomic mass is 32.2. The molecule has 2 heteroatoms. The Hall–Kier alpha value is 0.0500. The molecule has 0 aromatic carbocycles. The summed E-state index contributed by atoms with van der Waals surface area (Å²) >= 11 is -0.748. The predicted octanol–water partition coefficient (Wildman–Crippen LogP) is 1.68. The first-order chi connectivity index (χ1) is 3.77. The molecule has 0 aliphatic carbocycles. The van der Waals surface area contributed by atoms with E-state index in [0.717, 1.165) is 12.8 Å². The molecule has 0 aliphatic heterocycles. The molecule has 48 valence electrons. The molecule has 0 spiro atoms. The Labute approximate surface area is 54.0 Å². The molecule has 0 rings (SSSR count). The van der Waals surface area contributed by atoms with Crippen LogP contribution in [0.1, 0.15) is 19.8 Å². The first-order valence-corrected chi connectivity index (χ1v) is 4.38. The third-order valence-electron chi connectivity index (χ3n) is 0.743. The predicted molar refractivity (Wildman–Crippen MR) is 38.1 cm³/mol. The van der Waals surface area contributed by atoms with Gasteiger partial charge in [0.1, 0.15) is 5.41 Å². The van der Waals surface area contributed by atoms with Crippen molar-refractivity contribution in [2.24, 2.45) is 0 Å². The van der Waals surface area contributed by atoms with E-state index in [2.05, 4.69) is 6.92 Å². The molecule has 1 unspecified atom stereocenters. The number of hydrogen-bond acceptors (Lipinski definition) is 1. The summed E-state index contributed by atoms with van der Waals surface area (Å²) in [6, 6.07) is 0. The molecular weight excluding hydrogens is 120 g/mol. The van der Waals surface area contributed by atoms with Crippen molar-refractivity contribution < 1.29 is 4.55 Å². The zero-order valence-electron chi connectivity index (χ0n) is 5.39. The van der Waals surface area contributed by atoms with E-state index in [4.69, 9.17) is 0 Å². The highest BCUT2D eigenvalue weighted by Crippen LogP contribution is 1.91. The van der Waals surface area contributed by atoms with Crippen LogP contribution in [0.2, 0.25) is 0 Å². The summed E-state index contributed by atoms with van der Waals surface area (Å²) in [6.45, 7) is 2.10. The zero-order chi connectivity index (χ0) is 6.41. The first kappa shape index (κ1) is 8.05. The number of hydrogen-bond donors (Lipinski definition) is 0. The van der Waals surface area contributed by atoms with E-state index in [9.17, 15) is 4.55 Å². The van der Waals surface area contributed by atoms with Crippen LogP contribution >= 0.6 is 0 Å². The fourth-order valence-corrected chi connectivity index (χ4v) is 0.777. The Balaban J connectivity index is 3.07. The molecule has 0 amide bonds. The van der Waals surface area contributed by atoms with Crippen LogP contribution in [0, 0.1) is 0 Å². The van der Waals surface area contributed by atoms with Gasteiger partial charge in [0.05, 0.1) is 6.26 Å². The molecule has 0 saturated carbocycles. The Morgan fingerprint density at radius 1 is 1.62 bits per heavy atom. The fraction of sp³-hybridized carbons (Fsp3) is 0.667. The lowest BCUT2D eigenvalue weighted by Crippen LogP contribution is -1.87. The number of rotatable bonds is 3. The van der Waals surface area contributed by atoms with Crippen molar-refractivity contribution in [3.8, 4) is 0 Å². The van der Waals surface area contributed by atoms with Gasteiger partial charge in [-0.1, -0.05) is 13.3 Å². The van der Waals surface area contributed by atoms with Gasteiger partial charge in [0.15, 0.2) is 0 Å². The molecule has 0 aliphatic rings. The van der Waals surface area contributed by atoms with Crippen LogP contribution < -0.4 is 0 Å². The molecular formula is C6H12OS. The SMILES string of the molecule is CCC/C=C\[S+](C)[O-]. The van der Waals surface area contributed by atoms with Gasteiger partial charge >= 0.3 is 0 Å². The highest BCUT2D eigenvalue weighted by molar-refractivity contribution is 7.93. The van der Waals surface area contributed by atoms with E-state index >= 15 is 0 Å². The number of allylic oxidation sites excluding steroid dienone is 1. The Bertz CT molecular complexity index is 68.9. The normalized spacial score (nSPS) is 14.9. The van der Waals surface area contributed by atoms with Crippen molar-refractivity contribution in [1.29, 1.82) is 0 Å². The molecule has 8 heavy (non-hydrogen) atoms. The minimum absolute atomic E-state index is 0.748. The largest absolute Gasteiger partial charge is 0.612 e. The molecule has 1 nitrogen and oxygen atoms in total. The van der Waals surface area contributed by atoms with Crippen LogP contribution in [0.15, 0.2) is 11.5 Å². The van der Waals surface area contributed by atoms with E-state index in [0.29, 0.717) is 0 Å². The summed E-state index contributed by atoms with van der Waals surface area (Å²) in [5.41, 5.74) is 0. The van der Waals surface area contributed by atoms with Gasteiger partial charge in [-0.05, 0) is 23.7 Å². The Morgan fingerprint density at radius 2 is 2.25 bits per heavy atom. The maximum Gasteiger partial charge on any atom is 0.112 e. The third-order valence-corrected chi connectivity index (χ3v) is 1.32. The van der Waals surface area contributed by atoms with E-state index < -0.39 is 11.2 Å². The summed E-state index contributed by atoms with van der Waals surface area (Å²) in [4.78, 5) is 0. The lowest BCUT2D eigenvalue weighted by atomic mass is 10.3. The van der Waals surface area contributed by atoms with Crippen LogP contribution in [-0.4, -0.2) is 10.8 Å². The minimum Gasteiger partial charge on any atom is -0.612 e. The summed E-state index contributed by atoms with van der Waals surface area (Å²) in [6.07, 6.45) is 5.80. The standard InChI is InChI=1S/C6H12OS/c1-3-4-5-6-8(2)7/h5-6H,3-4H2,1-2H3/b6-5-. The maximum atomic E-state index is 10.3. The molecule has 0 aromatic rings. The van der Waals surface area contributed by atoms with Gasteiger partial charge in [-0.3, -0.25) is 0 Å². The third kappa shape index (κ3) is 6.05. The van der Waals surface area contributed by atoms with Crippen molar-refractivity contribution in [3.05, 3.63) is 11.5 Å². The van der Waals surface area contributed by atoms with E-state index in [1.54, 1.807) is 11.7 Å². The lowest BCUT2D eigenvalue weighted by molar-refractivity contribution is 0.609. The molecule has 0 heterocycles. The van der Waals surface area contributed by atoms with Gasteiger partial charge < -0.3 is 4.55 Å². The van der Waals surface area contributed by atoms with Crippen LogP contribution in [0.25, 0.3) is 0 Å². The molecule has 0 fully saturated rings. The van der Waals surface area contributed by atoms with Gasteiger partial charge in [0, 0.05) is 0 Å². The molecule has 0 radical (unpaired) electrons. The van der Waals surface area contributed by atoms with E-state index in [1.807, 2.05) is 6.08 Å². The van der Waals surface area contributed by atoms with Crippen LogP contribution in [0.3, 0.4) is 0 Å². The molecule has 0 N–H and O–H groups in total. The molecule has 1 atom stereocenters. The monoisotopic (exact) mass is 132 g/mol. The smallest absolute Gasteiger partial charge is 0.112 e. The van der Waals surface area contributed by atoms with Crippen molar-refractivity contribution in [1.82, 2.24) is 0 Å². The van der Waals surface area contributed by atoms with Gasteiger partial charge in [0.25, 0.3) is 0 Å². The fourth-order valence-electron chi connectivity index (χ4n) is 0.370.